The second-order valence-corrected chi connectivity index (χ2v) is 6.32. The molecule has 3 nitrogen and oxygen atoms in total. The van der Waals surface area contributed by atoms with Crippen molar-refractivity contribution in [1.82, 2.24) is 5.32 Å². The summed E-state index contributed by atoms with van der Waals surface area (Å²) >= 11 is 3.63. The van der Waals surface area contributed by atoms with E-state index < -0.39 is 0 Å². The molecule has 1 aliphatic rings. The fourth-order valence-electron chi connectivity index (χ4n) is 2.39. The Morgan fingerprint density at radius 2 is 2.11 bits per heavy atom. The second-order valence-electron chi connectivity index (χ2n) is 5.02. The summed E-state index contributed by atoms with van der Waals surface area (Å²) in [6, 6.07) is 8.86. The number of hydrogen-bond acceptors (Lipinski definition) is 2. The number of carbonyl (C=O) groups is 1. The average molecular weight is 321 g/mol. The SMILES string of the molecule is N#Cc1cccc(C(=O)NCC2CCC(Br)CC2)c1. The van der Waals surface area contributed by atoms with Crippen LogP contribution in [0.5, 0.6) is 0 Å². The molecular weight excluding hydrogens is 304 g/mol. The van der Waals surface area contributed by atoms with Crippen LogP contribution in [-0.4, -0.2) is 17.3 Å². The van der Waals surface area contributed by atoms with E-state index in [0.717, 1.165) is 19.4 Å². The maximum Gasteiger partial charge on any atom is 0.251 e. The van der Waals surface area contributed by atoms with Gasteiger partial charge in [-0.1, -0.05) is 22.0 Å². The van der Waals surface area contributed by atoms with Crippen LogP contribution in [-0.2, 0) is 0 Å². The zero-order valence-electron chi connectivity index (χ0n) is 10.7. The summed E-state index contributed by atoms with van der Waals surface area (Å²) in [5, 5.41) is 11.8. The van der Waals surface area contributed by atoms with Gasteiger partial charge in [0.1, 0.15) is 0 Å². The van der Waals surface area contributed by atoms with Crippen molar-refractivity contribution in [3.05, 3.63) is 35.4 Å². The average Bonchev–Trinajstić information content (AvgIpc) is 2.46. The Morgan fingerprint density at radius 3 is 2.79 bits per heavy atom. The topological polar surface area (TPSA) is 52.9 Å². The Balaban J connectivity index is 1.85. The summed E-state index contributed by atoms with van der Waals surface area (Å²) in [5.74, 6) is 0.495. The highest BCUT2D eigenvalue weighted by atomic mass is 79.9. The lowest BCUT2D eigenvalue weighted by Crippen LogP contribution is -2.31. The summed E-state index contributed by atoms with van der Waals surface area (Å²) in [5.41, 5.74) is 1.08. The molecule has 0 saturated heterocycles. The van der Waals surface area contributed by atoms with Crippen LogP contribution in [0.2, 0.25) is 0 Å². The lowest BCUT2D eigenvalue weighted by atomic mass is 9.89. The Kier molecular flexibility index (Phi) is 4.98. The van der Waals surface area contributed by atoms with Crippen LogP contribution in [0.4, 0.5) is 0 Å². The molecule has 1 aromatic rings. The molecule has 0 aliphatic heterocycles. The summed E-state index contributed by atoms with van der Waals surface area (Å²) in [4.78, 5) is 12.6. The van der Waals surface area contributed by atoms with Gasteiger partial charge in [-0.2, -0.15) is 5.26 Å². The Hall–Kier alpha value is -1.34. The van der Waals surface area contributed by atoms with Gasteiger partial charge >= 0.3 is 0 Å². The van der Waals surface area contributed by atoms with E-state index in [1.165, 1.54) is 12.8 Å². The third kappa shape index (κ3) is 4.07. The minimum atomic E-state index is -0.0851. The third-order valence-corrected chi connectivity index (χ3v) is 4.50. The Bertz CT molecular complexity index is 487. The molecule has 4 heteroatoms. The van der Waals surface area contributed by atoms with E-state index in [1.807, 2.05) is 6.07 Å². The molecule has 0 aromatic heterocycles. The number of benzene rings is 1. The van der Waals surface area contributed by atoms with E-state index in [-0.39, 0.29) is 5.91 Å². The van der Waals surface area contributed by atoms with E-state index in [0.29, 0.717) is 21.9 Å². The number of nitrogens with zero attached hydrogens (tertiary/aromatic N) is 1. The van der Waals surface area contributed by atoms with Crippen molar-refractivity contribution in [3.63, 3.8) is 0 Å². The van der Waals surface area contributed by atoms with Gasteiger partial charge in [0.2, 0.25) is 0 Å². The summed E-state index contributed by atoms with van der Waals surface area (Å²) in [7, 11) is 0. The van der Waals surface area contributed by atoms with Gasteiger partial charge in [-0.25, -0.2) is 0 Å². The molecule has 0 atom stereocenters. The van der Waals surface area contributed by atoms with Crippen LogP contribution in [0.1, 0.15) is 41.6 Å². The van der Waals surface area contributed by atoms with E-state index >= 15 is 0 Å². The number of hydrogen-bond donors (Lipinski definition) is 1. The number of rotatable bonds is 3. The molecule has 1 fully saturated rings. The van der Waals surface area contributed by atoms with Crippen molar-refractivity contribution in [2.75, 3.05) is 6.54 Å². The molecule has 0 radical (unpaired) electrons. The summed E-state index contributed by atoms with van der Waals surface area (Å²) in [6.45, 7) is 0.731. The molecular formula is C15H17BrN2O. The normalized spacial score (nSPS) is 22.5. The minimum absolute atomic E-state index is 0.0851. The Morgan fingerprint density at radius 1 is 1.37 bits per heavy atom. The first-order valence-corrected chi connectivity index (χ1v) is 7.53. The van der Waals surface area contributed by atoms with Crippen molar-refractivity contribution in [3.8, 4) is 6.07 Å². The van der Waals surface area contributed by atoms with Crippen LogP contribution in [0, 0.1) is 17.2 Å². The number of amides is 1. The van der Waals surface area contributed by atoms with Gasteiger partial charge in [-0.05, 0) is 49.8 Å². The molecule has 19 heavy (non-hydrogen) atoms. The summed E-state index contributed by atoms with van der Waals surface area (Å²) in [6.07, 6.45) is 4.69. The van der Waals surface area contributed by atoms with Crippen LogP contribution in [0.25, 0.3) is 0 Å². The monoisotopic (exact) mass is 320 g/mol. The Labute approximate surface area is 122 Å². The highest BCUT2D eigenvalue weighted by Crippen LogP contribution is 2.28. The van der Waals surface area contributed by atoms with Gasteiger partial charge < -0.3 is 5.32 Å². The first-order chi connectivity index (χ1) is 9.19. The van der Waals surface area contributed by atoms with Crippen LogP contribution in [0.15, 0.2) is 24.3 Å². The number of halogens is 1. The molecule has 1 N–H and O–H groups in total. The predicted molar refractivity (Wildman–Crippen MR) is 78.2 cm³/mol. The predicted octanol–water partition coefficient (Wildman–Crippen LogP) is 3.24. The van der Waals surface area contributed by atoms with Crippen molar-refractivity contribution in [1.29, 1.82) is 5.26 Å². The van der Waals surface area contributed by atoms with Crippen LogP contribution in [0.3, 0.4) is 0 Å². The smallest absolute Gasteiger partial charge is 0.251 e. The van der Waals surface area contributed by atoms with E-state index in [1.54, 1.807) is 24.3 Å². The van der Waals surface area contributed by atoms with Gasteiger partial charge in [0.15, 0.2) is 0 Å². The van der Waals surface area contributed by atoms with Crippen molar-refractivity contribution in [2.45, 2.75) is 30.5 Å². The molecule has 100 valence electrons. The maximum atomic E-state index is 12.0. The molecule has 1 saturated carbocycles. The maximum absolute atomic E-state index is 12.0. The van der Waals surface area contributed by atoms with Crippen molar-refractivity contribution < 1.29 is 4.79 Å². The van der Waals surface area contributed by atoms with Crippen molar-refractivity contribution in [2.24, 2.45) is 5.92 Å². The summed E-state index contributed by atoms with van der Waals surface area (Å²) < 4.78 is 0. The molecule has 1 aliphatic carbocycles. The lowest BCUT2D eigenvalue weighted by Gasteiger charge is -2.25. The zero-order valence-corrected chi connectivity index (χ0v) is 12.3. The fraction of sp³-hybridized carbons (Fsp3) is 0.467. The van der Waals surface area contributed by atoms with Crippen LogP contribution >= 0.6 is 15.9 Å². The van der Waals surface area contributed by atoms with Gasteiger partial charge in [-0.3, -0.25) is 4.79 Å². The van der Waals surface area contributed by atoms with Gasteiger partial charge in [0.25, 0.3) is 5.91 Å². The van der Waals surface area contributed by atoms with E-state index in [2.05, 4.69) is 21.2 Å². The zero-order chi connectivity index (χ0) is 13.7. The number of nitrogens with one attached hydrogen (secondary N) is 1. The molecule has 0 heterocycles. The van der Waals surface area contributed by atoms with E-state index in [9.17, 15) is 4.79 Å². The molecule has 0 unspecified atom stereocenters. The molecule has 1 amide bonds. The van der Waals surface area contributed by atoms with Gasteiger partial charge in [0, 0.05) is 16.9 Å². The molecule has 0 spiro atoms. The van der Waals surface area contributed by atoms with Crippen molar-refractivity contribution >= 4 is 21.8 Å². The molecule has 1 aromatic carbocycles. The van der Waals surface area contributed by atoms with E-state index in [4.69, 9.17) is 5.26 Å². The van der Waals surface area contributed by atoms with Crippen LogP contribution < -0.4 is 5.32 Å². The number of carbonyl (C=O) groups excluding carboxylic acids is 1. The second kappa shape index (κ2) is 6.72. The van der Waals surface area contributed by atoms with Gasteiger partial charge in [-0.15, -0.1) is 0 Å². The molecule has 2 rings (SSSR count). The standard InChI is InChI=1S/C15H17BrN2O/c16-14-6-4-11(5-7-14)10-18-15(19)13-3-1-2-12(8-13)9-17/h1-3,8,11,14H,4-7,10H2,(H,18,19). The largest absolute Gasteiger partial charge is 0.352 e. The number of nitriles is 1. The number of alkyl halides is 1. The quantitative estimate of drug-likeness (QED) is 0.869. The fourth-order valence-corrected chi connectivity index (χ4v) is 2.92. The highest BCUT2D eigenvalue weighted by Gasteiger charge is 2.19. The third-order valence-electron chi connectivity index (χ3n) is 3.58. The first kappa shape index (κ1) is 14.1. The molecule has 0 bridgehead atoms. The first-order valence-electron chi connectivity index (χ1n) is 6.61. The van der Waals surface area contributed by atoms with Gasteiger partial charge in [0.05, 0.1) is 11.6 Å². The minimum Gasteiger partial charge on any atom is -0.352 e. The highest BCUT2D eigenvalue weighted by molar-refractivity contribution is 9.09. The lowest BCUT2D eigenvalue weighted by molar-refractivity contribution is 0.0944.